The number of aromatic amines is 1. The third-order valence-electron chi connectivity index (χ3n) is 5.24. The van der Waals surface area contributed by atoms with Gasteiger partial charge in [-0.2, -0.15) is 0 Å². The number of carbonyl (C=O) groups is 2. The van der Waals surface area contributed by atoms with Crippen LogP contribution < -0.4 is 26.6 Å². The third-order valence-corrected chi connectivity index (χ3v) is 5.24. The van der Waals surface area contributed by atoms with Gasteiger partial charge < -0.3 is 20.1 Å². The fraction of sp³-hybridized carbons (Fsp3) is 0.308. The molecule has 0 saturated carbocycles. The van der Waals surface area contributed by atoms with Crippen molar-refractivity contribution in [3.8, 4) is 5.75 Å². The number of nitrogen functional groups attached to an aromatic ring is 1. The van der Waals surface area contributed by atoms with Crippen LogP contribution in [0.5, 0.6) is 5.75 Å². The van der Waals surface area contributed by atoms with E-state index in [9.17, 15) is 19.2 Å². The maximum atomic E-state index is 13.1. The maximum absolute atomic E-state index is 13.1. The predicted octanol–water partition coefficient (Wildman–Crippen LogP) is 2.17. The highest BCUT2D eigenvalue weighted by Crippen LogP contribution is 2.20. The summed E-state index contributed by atoms with van der Waals surface area (Å²) in [6.45, 7) is 4.79. The van der Waals surface area contributed by atoms with Gasteiger partial charge in [-0.15, -0.1) is 0 Å². The minimum Gasteiger partial charge on any atom is -0.479 e. The number of hydrogen-bond donors (Lipinski definition) is 2. The fourth-order valence-electron chi connectivity index (χ4n) is 3.52. The van der Waals surface area contributed by atoms with Gasteiger partial charge in [0.15, 0.2) is 18.4 Å². The largest absolute Gasteiger partial charge is 0.479 e. The van der Waals surface area contributed by atoms with Crippen LogP contribution in [0.4, 0.5) is 11.5 Å². The van der Waals surface area contributed by atoms with E-state index in [1.807, 2.05) is 50.2 Å². The Bertz CT molecular complexity index is 1300. The molecule has 3 aromatic rings. The van der Waals surface area contributed by atoms with Crippen LogP contribution in [-0.4, -0.2) is 40.7 Å². The van der Waals surface area contributed by atoms with Crippen LogP contribution in [-0.2, 0) is 20.9 Å². The number of esters is 1. The molecular formula is C26H30N4O6. The Morgan fingerprint density at radius 1 is 1.00 bits per heavy atom. The van der Waals surface area contributed by atoms with Gasteiger partial charge in [-0.05, 0) is 30.5 Å². The van der Waals surface area contributed by atoms with Crippen LogP contribution in [0.2, 0.25) is 0 Å². The Morgan fingerprint density at radius 3 is 2.22 bits per heavy atom. The second-order valence-electron chi connectivity index (χ2n) is 8.64. The van der Waals surface area contributed by atoms with Gasteiger partial charge in [0.05, 0.1) is 6.54 Å². The molecule has 0 radical (unpaired) electrons. The van der Waals surface area contributed by atoms with E-state index in [0.717, 1.165) is 10.5 Å². The number of hydrogen-bond acceptors (Lipinski definition) is 7. The molecule has 190 valence electrons. The molecule has 1 unspecified atom stereocenters. The lowest BCUT2D eigenvalue weighted by atomic mass is 10.2. The summed E-state index contributed by atoms with van der Waals surface area (Å²) < 4.78 is 11.9. The lowest BCUT2D eigenvalue weighted by molar-refractivity contribution is -0.154. The lowest BCUT2D eigenvalue weighted by Crippen LogP contribution is -2.44. The Balaban J connectivity index is 1.82. The van der Waals surface area contributed by atoms with Crippen LogP contribution in [0, 0.1) is 5.92 Å². The van der Waals surface area contributed by atoms with Crippen LogP contribution in [0.25, 0.3) is 0 Å². The molecule has 2 aromatic carbocycles. The van der Waals surface area contributed by atoms with Crippen molar-refractivity contribution in [2.24, 2.45) is 5.92 Å². The number of aromatic nitrogens is 2. The quantitative estimate of drug-likeness (QED) is 0.412. The highest BCUT2D eigenvalue weighted by molar-refractivity contribution is 5.97. The van der Waals surface area contributed by atoms with E-state index in [0.29, 0.717) is 5.75 Å². The van der Waals surface area contributed by atoms with E-state index < -0.39 is 35.8 Å². The molecule has 10 heteroatoms. The van der Waals surface area contributed by atoms with Crippen molar-refractivity contribution in [1.82, 2.24) is 9.55 Å². The Kier molecular flexibility index (Phi) is 8.66. The summed E-state index contributed by atoms with van der Waals surface area (Å²) in [5.41, 5.74) is 5.37. The summed E-state index contributed by atoms with van der Waals surface area (Å²) in [5.74, 6) is -1.14. The van der Waals surface area contributed by atoms with Crippen molar-refractivity contribution >= 4 is 23.4 Å². The molecule has 0 aliphatic heterocycles. The standard InChI is InChI=1S/C26H30N4O6/c1-17(2)14-29(21(31)16-35-25(33)18(3)36-20-12-8-5-9-13-20)22-23(27)30(26(34)28-24(22)32)15-19-10-6-4-7-11-19/h4-13,17-18H,14-16,27H2,1-3H3,(H,28,32,34). The summed E-state index contributed by atoms with van der Waals surface area (Å²) in [7, 11) is 0. The van der Waals surface area contributed by atoms with Crippen molar-refractivity contribution in [3.05, 3.63) is 87.1 Å². The number of ether oxygens (including phenoxy) is 2. The number of carbonyl (C=O) groups excluding carboxylic acids is 2. The molecule has 1 heterocycles. The molecule has 36 heavy (non-hydrogen) atoms. The fourth-order valence-corrected chi connectivity index (χ4v) is 3.52. The first-order valence-electron chi connectivity index (χ1n) is 11.5. The highest BCUT2D eigenvalue weighted by atomic mass is 16.6. The van der Waals surface area contributed by atoms with E-state index >= 15 is 0 Å². The van der Waals surface area contributed by atoms with Gasteiger partial charge in [-0.3, -0.25) is 19.1 Å². The number of para-hydroxylation sites is 1. The van der Waals surface area contributed by atoms with Crippen LogP contribution in [0.3, 0.4) is 0 Å². The molecule has 0 spiro atoms. The van der Waals surface area contributed by atoms with E-state index in [1.54, 1.807) is 24.3 Å². The second-order valence-corrected chi connectivity index (χ2v) is 8.64. The minimum atomic E-state index is -0.958. The first-order chi connectivity index (χ1) is 17.2. The number of amides is 1. The number of rotatable bonds is 10. The first kappa shape index (κ1) is 26.3. The lowest BCUT2D eigenvalue weighted by Gasteiger charge is -2.26. The summed E-state index contributed by atoms with van der Waals surface area (Å²) in [5, 5.41) is 0. The second kappa shape index (κ2) is 11.9. The molecular weight excluding hydrogens is 464 g/mol. The predicted molar refractivity (Wildman–Crippen MR) is 136 cm³/mol. The molecule has 0 aliphatic carbocycles. The van der Waals surface area contributed by atoms with E-state index in [1.165, 1.54) is 11.5 Å². The monoisotopic (exact) mass is 494 g/mol. The molecule has 1 atom stereocenters. The molecule has 10 nitrogen and oxygen atoms in total. The van der Waals surface area contributed by atoms with Gasteiger partial charge in [0.1, 0.15) is 11.6 Å². The van der Waals surface area contributed by atoms with Gasteiger partial charge in [0.2, 0.25) is 0 Å². The Hall–Kier alpha value is -4.34. The van der Waals surface area contributed by atoms with Crippen molar-refractivity contribution in [1.29, 1.82) is 0 Å². The molecule has 0 saturated heterocycles. The number of nitrogens with one attached hydrogen (secondary N) is 1. The SMILES string of the molecule is CC(C)CN(C(=O)COC(=O)C(C)Oc1ccccc1)c1c(N)n(Cc2ccccc2)c(=O)[nH]c1=O. The summed E-state index contributed by atoms with van der Waals surface area (Å²) in [4.78, 5) is 54.2. The number of nitrogens with two attached hydrogens (primary N) is 1. The van der Waals surface area contributed by atoms with Gasteiger partial charge >= 0.3 is 11.7 Å². The Labute approximate surface area is 208 Å². The van der Waals surface area contributed by atoms with E-state index in [4.69, 9.17) is 15.2 Å². The minimum absolute atomic E-state index is 0.0571. The van der Waals surface area contributed by atoms with Gasteiger partial charge in [-0.25, -0.2) is 9.59 Å². The molecule has 0 fully saturated rings. The van der Waals surface area contributed by atoms with Crippen LogP contribution in [0.1, 0.15) is 26.3 Å². The average Bonchev–Trinajstić information content (AvgIpc) is 2.85. The summed E-state index contributed by atoms with van der Waals surface area (Å²) in [6, 6.07) is 17.8. The molecule has 1 amide bonds. The van der Waals surface area contributed by atoms with Crippen molar-refractivity contribution in [2.75, 3.05) is 23.8 Å². The maximum Gasteiger partial charge on any atom is 0.347 e. The van der Waals surface area contributed by atoms with Crippen LogP contribution in [0.15, 0.2) is 70.3 Å². The van der Waals surface area contributed by atoms with Crippen molar-refractivity contribution < 1.29 is 19.1 Å². The van der Waals surface area contributed by atoms with Gasteiger partial charge in [-0.1, -0.05) is 62.4 Å². The third kappa shape index (κ3) is 6.62. The normalized spacial score (nSPS) is 11.7. The zero-order valence-electron chi connectivity index (χ0n) is 20.5. The molecule has 0 aliphatic rings. The summed E-state index contributed by atoms with van der Waals surface area (Å²) >= 11 is 0. The zero-order valence-corrected chi connectivity index (χ0v) is 20.5. The van der Waals surface area contributed by atoms with Crippen LogP contribution >= 0.6 is 0 Å². The number of nitrogens with zero attached hydrogens (tertiary/aromatic N) is 2. The summed E-state index contributed by atoms with van der Waals surface area (Å²) in [6.07, 6.45) is -0.958. The van der Waals surface area contributed by atoms with Crippen molar-refractivity contribution in [3.63, 3.8) is 0 Å². The van der Waals surface area contributed by atoms with E-state index in [2.05, 4.69) is 4.98 Å². The molecule has 0 bridgehead atoms. The first-order valence-corrected chi connectivity index (χ1v) is 11.5. The molecule has 3 N–H and O–H groups in total. The highest BCUT2D eigenvalue weighted by Gasteiger charge is 2.27. The topological polar surface area (TPSA) is 137 Å². The average molecular weight is 495 g/mol. The van der Waals surface area contributed by atoms with E-state index in [-0.39, 0.29) is 30.5 Å². The number of benzene rings is 2. The van der Waals surface area contributed by atoms with Crippen molar-refractivity contribution in [2.45, 2.75) is 33.4 Å². The number of anilines is 2. The molecule has 3 rings (SSSR count). The smallest absolute Gasteiger partial charge is 0.347 e. The molecule has 1 aromatic heterocycles. The zero-order chi connectivity index (χ0) is 26.2. The van der Waals surface area contributed by atoms with Gasteiger partial charge in [0, 0.05) is 6.54 Å². The van der Waals surface area contributed by atoms with Gasteiger partial charge in [0.25, 0.3) is 11.5 Å². The Morgan fingerprint density at radius 2 is 1.61 bits per heavy atom. The number of H-pyrrole nitrogens is 1.